The molecule has 1 aromatic carbocycles. The van der Waals surface area contributed by atoms with E-state index >= 15 is 0 Å². The van der Waals surface area contributed by atoms with Crippen LogP contribution in [0.3, 0.4) is 0 Å². The first-order valence-corrected chi connectivity index (χ1v) is 10.4. The Bertz CT molecular complexity index is 696. The van der Waals surface area contributed by atoms with Gasteiger partial charge in [0.05, 0.1) is 22.2 Å². The van der Waals surface area contributed by atoms with Crippen molar-refractivity contribution in [3.05, 3.63) is 28.3 Å². The van der Waals surface area contributed by atoms with E-state index in [-0.39, 0.29) is 23.5 Å². The number of carbonyl (C=O) groups is 1. The molecule has 0 saturated carbocycles. The summed E-state index contributed by atoms with van der Waals surface area (Å²) in [6, 6.07) is 3.83. The summed E-state index contributed by atoms with van der Waals surface area (Å²) in [5, 5.41) is 3.41. The molecule has 0 bridgehead atoms. The Labute approximate surface area is 149 Å². The second-order valence-corrected chi connectivity index (χ2v) is 9.06. The van der Waals surface area contributed by atoms with Crippen molar-refractivity contribution < 1.29 is 13.2 Å². The quantitative estimate of drug-likeness (QED) is 0.833. The van der Waals surface area contributed by atoms with Gasteiger partial charge in [-0.1, -0.05) is 24.6 Å². The van der Waals surface area contributed by atoms with Gasteiger partial charge in [0.25, 0.3) is 0 Å². The second-order valence-electron chi connectivity index (χ2n) is 6.42. The molecular formula is C17H25ClN2O3S. The van der Waals surface area contributed by atoms with Crippen LogP contribution in [0, 0.1) is 13.8 Å². The maximum atomic E-state index is 12.2. The maximum absolute atomic E-state index is 12.2. The number of hydrogen-bond donors (Lipinski definition) is 1. The molecule has 7 heteroatoms. The molecule has 1 fully saturated rings. The Morgan fingerprint density at radius 1 is 1.38 bits per heavy atom. The van der Waals surface area contributed by atoms with E-state index in [4.69, 9.17) is 11.6 Å². The van der Waals surface area contributed by atoms with Crippen molar-refractivity contribution in [2.75, 3.05) is 29.9 Å². The van der Waals surface area contributed by atoms with Crippen molar-refractivity contribution in [1.82, 2.24) is 4.90 Å². The number of rotatable bonds is 6. The van der Waals surface area contributed by atoms with Crippen LogP contribution in [0.15, 0.2) is 12.1 Å². The van der Waals surface area contributed by atoms with E-state index < -0.39 is 9.84 Å². The van der Waals surface area contributed by atoms with Gasteiger partial charge in [-0.2, -0.15) is 0 Å². The van der Waals surface area contributed by atoms with Gasteiger partial charge in [0.15, 0.2) is 9.84 Å². The topological polar surface area (TPSA) is 66.5 Å². The SMILES string of the molecule is CCN(CCC(=O)Nc1c(C)cc(C)cc1Cl)C1CCS(=O)(=O)C1. The number of carbonyl (C=O) groups excluding carboxylic acids is 1. The zero-order valence-corrected chi connectivity index (χ0v) is 16.0. The fourth-order valence-electron chi connectivity index (χ4n) is 3.18. The average Bonchev–Trinajstić information content (AvgIpc) is 2.83. The highest BCUT2D eigenvalue weighted by Crippen LogP contribution is 2.27. The van der Waals surface area contributed by atoms with Gasteiger partial charge < -0.3 is 5.32 Å². The predicted octanol–water partition coefficient (Wildman–Crippen LogP) is 2.79. The van der Waals surface area contributed by atoms with Gasteiger partial charge in [-0.25, -0.2) is 8.42 Å². The summed E-state index contributed by atoms with van der Waals surface area (Å²) in [6.45, 7) is 7.14. The zero-order valence-electron chi connectivity index (χ0n) is 14.4. The Hall–Kier alpha value is -1.11. The number of anilines is 1. The third-order valence-electron chi connectivity index (χ3n) is 4.45. The minimum Gasteiger partial charge on any atom is -0.325 e. The van der Waals surface area contributed by atoms with Gasteiger partial charge in [0.1, 0.15) is 0 Å². The summed E-state index contributed by atoms with van der Waals surface area (Å²) >= 11 is 6.21. The molecular weight excluding hydrogens is 348 g/mol. The van der Waals surface area contributed by atoms with E-state index in [1.165, 1.54) is 0 Å². The molecule has 134 valence electrons. The summed E-state index contributed by atoms with van der Waals surface area (Å²) in [5.41, 5.74) is 2.64. The number of sulfone groups is 1. The lowest BCUT2D eigenvalue weighted by atomic mass is 10.1. The van der Waals surface area contributed by atoms with E-state index in [1.807, 2.05) is 32.9 Å². The molecule has 1 aliphatic rings. The Morgan fingerprint density at radius 2 is 2.08 bits per heavy atom. The minimum atomic E-state index is -2.91. The number of hydrogen-bond acceptors (Lipinski definition) is 4. The molecule has 1 aromatic rings. The number of amides is 1. The van der Waals surface area contributed by atoms with Crippen molar-refractivity contribution in [2.24, 2.45) is 0 Å². The number of nitrogens with zero attached hydrogens (tertiary/aromatic N) is 1. The Morgan fingerprint density at radius 3 is 2.62 bits per heavy atom. The fraction of sp³-hybridized carbons (Fsp3) is 0.588. The molecule has 1 saturated heterocycles. The first-order chi connectivity index (χ1) is 11.2. The van der Waals surface area contributed by atoms with E-state index in [0.717, 1.165) is 17.7 Å². The van der Waals surface area contributed by atoms with Crippen LogP contribution in [0.2, 0.25) is 5.02 Å². The summed E-state index contributed by atoms with van der Waals surface area (Å²) in [7, 11) is -2.91. The molecule has 0 spiro atoms. The zero-order chi connectivity index (χ0) is 17.9. The average molecular weight is 373 g/mol. The molecule has 2 rings (SSSR count). The summed E-state index contributed by atoms with van der Waals surface area (Å²) < 4.78 is 23.2. The summed E-state index contributed by atoms with van der Waals surface area (Å²) in [4.78, 5) is 14.3. The number of benzene rings is 1. The highest BCUT2D eigenvalue weighted by Gasteiger charge is 2.31. The lowest BCUT2D eigenvalue weighted by Gasteiger charge is -2.26. The van der Waals surface area contributed by atoms with Crippen LogP contribution in [0.25, 0.3) is 0 Å². The standard InChI is InChI=1S/C17H25ClN2O3S/c1-4-20(14-6-8-24(22,23)11-14)7-5-16(21)19-17-13(3)9-12(2)10-15(17)18/h9-10,14H,4-8,11H2,1-3H3,(H,19,21). The normalized spacial score (nSPS) is 19.6. The molecule has 1 N–H and O–H groups in total. The number of nitrogens with one attached hydrogen (secondary N) is 1. The summed E-state index contributed by atoms with van der Waals surface area (Å²) in [6.07, 6.45) is 0.967. The summed E-state index contributed by atoms with van der Waals surface area (Å²) in [5.74, 6) is 0.340. The van der Waals surface area contributed by atoms with Gasteiger partial charge in [0, 0.05) is 19.0 Å². The van der Waals surface area contributed by atoms with Gasteiger partial charge in [0.2, 0.25) is 5.91 Å². The van der Waals surface area contributed by atoms with E-state index in [0.29, 0.717) is 30.1 Å². The van der Waals surface area contributed by atoms with Crippen LogP contribution >= 0.6 is 11.6 Å². The van der Waals surface area contributed by atoms with Crippen LogP contribution < -0.4 is 5.32 Å². The van der Waals surface area contributed by atoms with Crippen LogP contribution in [0.5, 0.6) is 0 Å². The van der Waals surface area contributed by atoms with Crippen LogP contribution in [-0.4, -0.2) is 49.9 Å². The Kier molecular flexibility index (Phi) is 6.28. The third kappa shape index (κ3) is 4.94. The van der Waals surface area contributed by atoms with Crippen molar-refractivity contribution >= 4 is 33.0 Å². The molecule has 5 nitrogen and oxygen atoms in total. The molecule has 0 aliphatic carbocycles. The fourth-order valence-corrected chi connectivity index (χ4v) is 5.31. The third-order valence-corrected chi connectivity index (χ3v) is 6.50. The minimum absolute atomic E-state index is 0.0255. The molecule has 1 atom stereocenters. The largest absolute Gasteiger partial charge is 0.325 e. The number of aryl methyl sites for hydroxylation is 2. The molecule has 1 amide bonds. The van der Waals surface area contributed by atoms with Crippen LogP contribution in [0.1, 0.15) is 30.9 Å². The molecule has 1 heterocycles. The smallest absolute Gasteiger partial charge is 0.225 e. The van der Waals surface area contributed by atoms with Gasteiger partial charge >= 0.3 is 0 Å². The Balaban J connectivity index is 1.93. The second kappa shape index (κ2) is 7.85. The lowest BCUT2D eigenvalue weighted by Crippen LogP contribution is -2.38. The van der Waals surface area contributed by atoms with E-state index in [2.05, 4.69) is 10.2 Å². The van der Waals surface area contributed by atoms with Gasteiger partial charge in [-0.15, -0.1) is 0 Å². The van der Waals surface area contributed by atoms with E-state index in [1.54, 1.807) is 0 Å². The lowest BCUT2D eigenvalue weighted by molar-refractivity contribution is -0.116. The molecule has 0 radical (unpaired) electrons. The first kappa shape index (κ1) is 19.2. The maximum Gasteiger partial charge on any atom is 0.225 e. The number of halogens is 1. The van der Waals surface area contributed by atoms with E-state index in [9.17, 15) is 13.2 Å². The first-order valence-electron chi connectivity index (χ1n) is 8.23. The van der Waals surface area contributed by atoms with Crippen LogP contribution in [-0.2, 0) is 14.6 Å². The predicted molar refractivity (Wildman–Crippen MR) is 98.5 cm³/mol. The van der Waals surface area contributed by atoms with Crippen molar-refractivity contribution in [1.29, 1.82) is 0 Å². The van der Waals surface area contributed by atoms with Gasteiger partial charge in [-0.05, 0) is 44.0 Å². The van der Waals surface area contributed by atoms with Crippen molar-refractivity contribution in [3.63, 3.8) is 0 Å². The van der Waals surface area contributed by atoms with Crippen molar-refractivity contribution in [2.45, 2.75) is 39.7 Å². The van der Waals surface area contributed by atoms with Crippen molar-refractivity contribution in [3.8, 4) is 0 Å². The molecule has 1 unspecified atom stereocenters. The molecule has 1 aliphatic heterocycles. The van der Waals surface area contributed by atoms with Gasteiger partial charge in [-0.3, -0.25) is 9.69 Å². The monoisotopic (exact) mass is 372 g/mol. The molecule has 0 aromatic heterocycles. The molecule has 24 heavy (non-hydrogen) atoms. The highest BCUT2D eigenvalue weighted by molar-refractivity contribution is 7.91. The highest BCUT2D eigenvalue weighted by atomic mass is 35.5. The van der Waals surface area contributed by atoms with Crippen LogP contribution in [0.4, 0.5) is 5.69 Å².